The number of nitrogens with zero attached hydrogens (tertiary/aromatic N) is 2. The number of amides is 1. The summed E-state index contributed by atoms with van der Waals surface area (Å²) in [6, 6.07) is 3.78. The van der Waals surface area contributed by atoms with E-state index in [9.17, 15) is 9.59 Å². The van der Waals surface area contributed by atoms with Crippen molar-refractivity contribution in [2.45, 2.75) is 40.7 Å². The molecule has 0 spiro atoms. The molecular formula is C19H20ClN3O2S. The van der Waals surface area contributed by atoms with Crippen molar-refractivity contribution >= 4 is 44.7 Å². The average molecular weight is 390 g/mol. The Bertz CT molecular complexity index is 1050. The molecule has 0 saturated carbocycles. The van der Waals surface area contributed by atoms with Gasteiger partial charge in [-0.05, 0) is 50.5 Å². The van der Waals surface area contributed by atoms with Crippen LogP contribution in [0.4, 0.5) is 5.69 Å². The fourth-order valence-electron chi connectivity index (χ4n) is 2.93. The molecule has 136 valence electrons. The van der Waals surface area contributed by atoms with Gasteiger partial charge in [-0.25, -0.2) is 4.98 Å². The van der Waals surface area contributed by atoms with E-state index < -0.39 is 0 Å². The summed E-state index contributed by atoms with van der Waals surface area (Å²) in [6.07, 6.45) is 1.68. The summed E-state index contributed by atoms with van der Waals surface area (Å²) < 4.78 is 1.49. The van der Waals surface area contributed by atoms with Gasteiger partial charge in [0, 0.05) is 17.8 Å². The molecule has 0 aliphatic carbocycles. The second kappa shape index (κ2) is 7.21. The van der Waals surface area contributed by atoms with Crippen molar-refractivity contribution in [3.8, 4) is 0 Å². The summed E-state index contributed by atoms with van der Waals surface area (Å²) in [6.45, 7) is 8.03. The lowest BCUT2D eigenvalue weighted by molar-refractivity contribution is -0.116. The van der Waals surface area contributed by atoms with Crippen molar-refractivity contribution in [3.63, 3.8) is 0 Å². The Morgan fingerprint density at radius 2 is 2.00 bits per heavy atom. The molecule has 0 unspecified atom stereocenters. The number of halogens is 1. The number of hydrogen-bond acceptors (Lipinski definition) is 4. The molecule has 2 aromatic heterocycles. The third kappa shape index (κ3) is 3.52. The Morgan fingerprint density at radius 1 is 1.27 bits per heavy atom. The topological polar surface area (TPSA) is 64.0 Å². The number of thiophene rings is 1. The molecule has 1 amide bonds. The number of rotatable bonds is 4. The lowest BCUT2D eigenvalue weighted by atomic mass is 10.1. The fourth-order valence-corrected chi connectivity index (χ4v) is 4.28. The molecule has 1 N–H and O–H groups in total. The SMILES string of the molecule is Cc1cc(C)c(NC(=O)CCn2cnc3sc(C)c(C)c3c2=O)c(Cl)c1. The van der Waals surface area contributed by atoms with E-state index in [4.69, 9.17) is 11.6 Å². The normalized spacial score (nSPS) is 11.1. The van der Waals surface area contributed by atoms with Gasteiger partial charge in [0.2, 0.25) is 5.91 Å². The second-order valence-electron chi connectivity index (χ2n) is 6.44. The van der Waals surface area contributed by atoms with E-state index in [0.29, 0.717) is 16.1 Å². The van der Waals surface area contributed by atoms with Gasteiger partial charge in [0.1, 0.15) is 4.83 Å². The van der Waals surface area contributed by atoms with Gasteiger partial charge >= 0.3 is 0 Å². The molecule has 7 heteroatoms. The summed E-state index contributed by atoms with van der Waals surface area (Å²) in [7, 11) is 0. The monoisotopic (exact) mass is 389 g/mol. The van der Waals surface area contributed by atoms with Crippen LogP contribution >= 0.6 is 22.9 Å². The maximum atomic E-state index is 12.7. The number of aromatic nitrogens is 2. The number of carbonyl (C=O) groups is 1. The van der Waals surface area contributed by atoms with E-state index >= 15 is 0 Å². The lowest BCUT2D eigenvalue weighted by Crippen LogP contribution is -2.23. The third-order valence-electron chi connectivity index (χ3n) is 4.43. The number of carbonyl (C=O) groups excluding carboxylic acids is 1. The summed E-state index contributed by atoms with van der Waals surface area (Å²) in [4.78, 5) is 31.2. The molecule has 0 aliphatic rings. The highest BCUT2D eigenvalue weighted by Gasteiger charge is 2.14. The van der Waals surface area contributed by atoms with Gasteiger partial charge in [0.25, 0.3) is 5.56 Å². The highest BCUT2D eigenvalue weighted by atomic mass is 35.5. The average Bonchev–Trinajstić information content (AvgIpc) is 2.85. The highest BCUT2D eigenvalue weighted by molar-refractivity contribution is 7.18. The smallest absolute Gasteiger partial charge is 0.262 e. The largest absolute Gasteiger partial charge is 0.324 e. The van der Waals surface area contributed by atoms with Crippen molar-refractivity contribution < 1.29 is 4.79 Å². The van der Waals surface area contributed by atoms with E-state index in [1.165, 1.54) is 22.2 Å². The van der Waals surface area contributed by atoms with Crippen LogP contribution in [-0.4, -0.2) is 15.5 Å². The van der Waals surface area contributed by atoms with E-state index in [1.54, 1.807) is 0 Å². The van der Waals surface area contributed by atoms with Gasteiger partial charge in [0.15, 0.2) is 0 Å². The molecule has 0 aliphatic heterocycles. The Kier molecular flexibility index (Phi) is 5.16. The summed E-state index contributed by atoms with van der Waals surface area (Å²) >= 11 is 7.74. The van der Waals surface area contributed by atoms with Crippen molar-refractivity contribution in [2.24, 2.45) is 0 Å². The van der Waals surface area contributed by atoms with Gasteiger partial charge in [-0.1, -0.05) is 17.7 Å². The molecule has 0 bridgehead atoms. The zero-order valence-electron chi connectivity index (χ0n) is 15.1. The summed E-state index contributed by atoms with van der Waals surface area (Å²) in [5, 5.41) is 4.00. The van der Waals surface area contributed by atoms with Crippen LogP contribution in [0.1, 0.15) is 28.0 Å². The van der Waals surface area contributed by atoms with Crippen LogP contribution in [0.3, 0.4) is 0 Å². The van der Waals surface area contributed by atoms with Crippen LogP contribution in [0.25, 0.3) is 10.2 Å². The van der Waals surface area contributed by atoms with Gasteiger partial charge < -0.3 is 5.32 Å². The minimum Gasteiger partial charge on any atom is -0.324 e. The van der Waals surface area contributed by atoms with E-state index in [0.717, 1.165) is 26.4 Å². The molecular weight excluding hydrogens is 370 g/mol. The predicted octanol–water partition coefficient (Wildman–Crippen LogP) is 4.37. The van der Waals surface area contributed by atoms with Gasteiger partial charge in [-0.2, -0.15) is 0 Å². The number of anilines is 1. The van der Waals surface area contributed by atoms with Crippen LogP contribution in [-0.2, 0) is 11.3 Å². The molecule has 0 saturated heterocycles. The number of benzene rings is 1. The first-order valence-electron chi connectivity index (χ1n) is 8.29. The lowest BCUT2D eigenvalue weighted by Gasteiger charge is -2.12. The van der Waals surface area contributed by atoms with Crippen molar-refractivity contribution in [1.82, 2.24) is 9.55 Å². The Morgan fingerprint density at radius 3 is 2.69 bits per heavy atom. The summed E-state index contributed by atoms with van der Waals surface area (Å²) in [5.41, 5.74) is 3.43. The fraction of sp³-hybridized carbons (Fsp3) is 0.316. The Labute approximate surface area is 160 Å². The minimum absolute atomic E-state index is 0.103. The number of fused-ring (bicyclic) bond motifs is 1. The van der Waals surface area contributed by atoms with E-state index in [1.807, 2.05) is 39.8 Å². The molecule has 3 rings (SSSR count). The van der Waals surface area contributed by atoms with Crippen LogP contribution in [0.15, 0.2) is 23.3 Å². The molecule has 5 nitrogen and oxygen atoms in total. The first kappa shape index (κ1) is 18.6. The third-order valence-corrected chi connectivity index (χ3v) is 5.85. The van der Waals surface area contributed by atoms with Crippen LogP contribution in [0, 0.1) is 27.7 Å². The number of hydrogen-bond donors (Lipinski definition) is 1. The van der Waals surface area contributed by atoms with Gasteiger partial charge in [0.05, 0.1) is 22.4 Å². The molecule has 2 heterocycles. The van der Waals surface area contributed by atoms with Gasteiger partial charge in [-0.3, -0.25) is 14.2 Å². The Hall–Kier alpha value is -2.18. The molecule has 0 atom stereocenters. The second-order valence-corrected chi connectivity index (χ2v) is 8.05. The quantitative estimate of drug-likeness (QED) is 0.720. The maximum absolute atomic E-state index is 12.7. The van der Waals surface area contributed by atoms with Crippen LogP contribution in [0.2, 0.25) is 5.02 Å². The summed E-state index contributed by atoms with van der Waals surface area (Å²) in [5.74, 6) is -0.191. The zero-order valence-corrected chi connectivity index (χ0v) is 16.7. The molecule has 3 aromatic rings. The maximum Gasteiger partial charge on any atom is 0.262 e. The number of nitrogens with one attached hydrogen (secondary N) is 1. The van der Waals surface area contributed by atoms with Crippen LogP contribution in [0.5, 0.6) is 0 Å². The first-order chi connectivity index (χ1) is 12.3. The molecule has 0 radical (unpaired) electrons. The van der Waals surface area contributed by atoms with Crippen molar-refractivity contribution in [1.29, 1.82) is 0 Å². The van der Waals surface area contributed by atoms with Crippen molar-refractivity contribution in [3.05, 3.63) is 55.4 Å². The molecule has 26 heavy (non-hydrogen) atoms. The van der Waals surface area contributed by atoms with E-state index in [2.05, 4.69) is 10.3 Å². The zero-order chi connectivity index (χ0) is 19.0. The standard InChI is InChI=1S/C19H20ClN3O2S/c1-10-7-11(2)17(14(20)8-10)22-15(24)5-6-23-9-21-18-16(19(23)25)12(3)13(4)26-18/h7-9H,5-6H2,1-4H3,(H,22,24). The number of aryl methyl sites for hydroxylation is 5. The molecule has 0 fully saturated rings. The first-order valence-corrected chi connectivity index (χ1v) is 9.49. The van der Waals surface area contributed by atoms with Crippen molar-refractivity contribution in [2.75, 3.05) is 5.32 Å². The van der Waals surface area contributed by atoms with Gasteiger partial charge in [-0.15, -0.1) is 11.3 Å². The highest BCUT2D eigenvalue weighted by Crippen LogP contribution is 2.27. The van der Waals surface area contributed by atoms with Crippen LogP contribution < -0.4 is 10.9 Å². The van der Waals surface area contributed by atoms with E-state index in [-0.39, 0.29) is 24.4 Å². The minimum atomic E-state index is -0.191. The Balaban J connectivity index is 1.76. The predicted molar refractivity (Wildman–Crippen MR) is 108 cm³/mol. The molecule has 1 aromatic carbocycles.